The fraction of sp³-hybridized carbons (Fsp3) is 0.333. The minimum Gasteiger partial charge on any atom is -0.420 e. The van der Waals surface area contributed by atoms with Crippen LogP contribution >= 0.6 is 11.6 Å². The summed E-state index contributed by atoms with van der Waals surface area (Å²) in [5.74, 6) is 0.327. The van der Waals surface area contributed by atoms with E-state index < -0.39 is 15.8 Å². The van der Waals surface area contributed by atoms with E-state index in [4.69, 9.17) is 16.0 Å². The summed E-state index contributed by atoms with van der Waals surface area (Å²) in [6.07, 6.45) is 2.23. The molecule has 0 bridgehead atoms. The summed E-state index contributed by atoms with van der Waals surface area (Å²) >= 11 is 5.77. The molecule has 2 heterocycles. The maximum absolute atomic E-state index is 14.3. The molecule has 0 N–H and O–H groups in total. The first-order valence-corrected chi connectivity index (χ1v) is 11.6. The second-order valence-corrected chi connectivity index (χ2v) is 10.2. The maximum Gasteiger partial charge on any atom is 0.247 e. The number of sulfonamides is 1. The summed E-state index contributed by atoms with van der Waals surface area (Å²) in [4.78, 5) is -0.372. The topological polar surface area (TPSA) is 76.3 Å². The van der Waals surface area contributed by atoms with E-state index in [2.05, 4.69) is 10.2 Å². The number of halogens is 2. The molecule has 1 atom stereocenters. The molecule has 0 radical (unpaired) electrons. The maximum atomic E-state index is 14.3. The van der Waals surface area contributed by atoms with Crippen molar-refractivity contribution in [3.63, 3.8) is 0 Å². The largest absolute Gasteiger partial charge is 0.420 e. The van der Waals surface area contributed by atoms with Gasteiger partial charge in [-0.05, 0) is 48.9 Å². The molecule has 2 aromatic carbocycles. The molecule has 0 unspecified atom stereocenters. The van der Waals surface area contributed by atoms with Crippen molar-refractivity contribution in [1.29, 1.82) is 0 Å². The Hall–Kier alpha value is -2.29. The highest BCUT2D eigenvalue weighted by Gasteiger charge is 2.59. The Kier molecular flexibility index (Phi) is 4.68. The van der Waals surface area contributed by atoms with Crippen LogP contribution in [0.4, 0.5) is 4.39 Å². The van der Waals surface area contributed by atoms with Gasteiger partial charge in [0.2, 0.25) is 21.8 Å². The molecule has 1 aliphatic heterocycles. The fourth-order valence-electron chi connectivity index (χ4n) is 4.32. The van der Waals surface area contributed by atoms with E-state index in [1.165, 1.54) is 22.5 Å². The van der Waals surface area contributed by atoms with Gasteiger partial charge in [-0.1, -0.05) is 35.9 Å². The zero-order chi connectivity index (χ0) is 20.9. The lowest BCUT2D eigenvalue weighted by Crippen LogP contribution is -2.39. The van der Waals surface area contributed by atoms with Gasteiger partial charge in [0.1, 0.15) is 4.90 Å². The molecular weight excluding hydrogens is 429 g/mol. The molecule has 1 aliphatic carbocycles. The van der Waals surface area contributed by atoms with Crippen LogP contribution in [-0.4, -0.2) is 36.0 Å². The van der Waals surface area contributed by atoms with Crippen LogP contribution in [0.5, 0.6) is 0 Å². The van der Waals surface area contributed by atoms with Crippen molar-refractivity contribution in [2.75, 3.05) is 13.1 Å². The Bertz CT molecular complexity index is 1190. The Balaban J connectivity index is 1.29. The molecule has 5 rings (SSSR count). The zero-order valence-corrected chi connectivity index (χ0v) is 17.5. The summed E-state index contributed by atoms with van der Waals surface area (Å²) < 4.78 is 47.3. The molecule has 2 aliphatic rings. The average molecular weight is 448 g/mol. The van der Waals surface area contributed by atoms with Gasteiger partial charge in [-0.2, -0.15) is 4.31 Å². The zero-order valence-electron chi connectivity index (χ0n) is 16.0. The first-order chi connectivity index (χ1) is 14.4. The third-order valence-corrected chi connectivity index (χ3v) is 8.41. The quantitative estimate of drug-likeness (QED) is 0.589. The van der Waals surface area contributed by atoms with Gasteiger partial charge in [-0.3, -0.25) is 0 Å². The molecule has 6 nitrogen and oxygen atoms in total. The highest BCUT2D eigenvalue weighted by Crippen LogP contribution is 2.64. The third kappa shape index (κ3) is 3.23. The van der Waals surface area contributed by atoms with Crippen molar-refractivity contribution >= 4 is 21.6 Å². The Labute approximate surface area is 178 Å². The van der Waals surface area contributed by atoms with Crippen molar-refractivity contribution in [2.45, 2.75) is 30.1 Å². The SMILES string of the molecule is O=S(=O)(c1cccc(Cl)c1F)N1CCC2(CC1)C[C@H]2c1nnc(-c2ccccc2)o1. The molecule has 9 heteroatoms. The highest BCUT2D eigenvalue weighted by molar-refractivity contribution is 7.89. The van der Waals surface area contributed by atoms with Gasteiger partial charge in [0, 0.05) is 24.6 Å². The van der Waals surface area contributed by atoms with E-state index >= 15 is 0 Å². The van der Waals surface area contributed by atoms with Crippen LogP contribution in [0.2, 0.25) is 5.02 Å². The Morgan fingerprint density at radius 2 is 1.80 bits per heavy atom. The lowest BCUT2D eigenvalue weighted by molar-refractivity contribution is 0.245. The third-order valence-electron chi connectivity index (χ3n) is 6.20. The van der Waals surface area contributed by atoms with Gasteiger partial charge in [0.15, 0.2) is 5.82 Å². The second kappa shape index (κ2) is 7.14. The van der Waals surface area contributed by atoms with Crippen LogP contribution in [0.25, 0.3) is 11.5 Å². The number of aromatic nitrogens is 2. The van der Waals surface area contributed by atoms with Crippen molar-refractivity contribution in [3.8, 4) is 11.5 Å². The smallest absolute Gasteiger partial charge is 0.247 e. The van der Waals surface area contributed by atoms with E-state index in [1.54, 1.807) is 0 Å². The van der Waals surface area contributed by atoms with Crippen LogP contribution < -0.4 is 0 Å². The van der Waals surface area contributed by atoms with Gasteiger partial charge >= 0.3 is 0 Å². The minimum atomic E-state index is -3.93. The van der Waals surface area contributed by atoms with Gasteiger partial charge in [0.25, 0.3) is 0 Å². The van der Waals surface area contributed by atoms with Crippen LogP contribution in [0.15, 0.2) is 57.8 Å². The molecule has 1 spiro atoms. The van der Waals surface area contributed by atoms with Gasteiger partial charge < -0.3 is 4.42 Å². The van der Waals surface area contributed by atoms with Crippen molar-refractivity contribution < 1.29 is 17.2 Å². The van der Waals surface area contributed by atoms with Crippen LogP contribution in [0.1, 0.15) is 31.1 Å². The monoisotopic (exact) mass is 447 g/mol. The number of piperidine rings is 1. The lowest BCUT2D eigenvalue weighted by atomic mass is 9.92. The molecule has 156 valence electrons. The summed E-state index contributed by atoms with van der Waals surface area (Å²) in [6.45, 7) is 0.648. The number of rotatable bonds is 4. The molecule has 1 aromatic heterocycles. The lowest BCUT2D eigenvalue weighted by Gasteiger charge is -2.32. The Morgan fingerprint density at radius 1 is 1.07 bits per heavy atom. The molecule has 2 fully saturated rings. The van der Waals surface area contributed by atoms with Crippen molar-refractivity contribution in [1.82, 2.24) is 14.5 Å². The standard InChI is InChI=1S/C21H19ClFN3O3S/c22-16-7-4-8-17(18(16)23)30(27,28)26-11-9-21(10-12-26)13-15(21)20-25-24-19(29-20)14-5-2-1-3-6-14/h1-8,15H,9-13H2/t15-/m0/s1. The number of hydrogen-bond donors (Lipinski definition) is 0. The fourth-order valence-corrected chi connectivity index (χ4v) is 6.08. The van der Waals surface area contributed by atoms with Crippen LogP contribution in [-0.2, 0) is 10.0 Å². The van der Waals surface area contributed by atoms with Gasteiger partial charge in [0.05, 0.1) is 5.02 Å². The van der Waals surface area contributed by atoms with E-state index in [1.807, 2.05) is 30.3 Å². The van der Waals surface area contributed by atoms with Crippen molar-refractivity contribution in [3.05, 3.63) is 65.3 Å². The Morgan fingerprint density at radius 3 is 2.53 bits per heavy atom. The first kappa shape index (κ1) is 19.7. The second-order valence-electron chi connectivity index (χ2n) is 7.89. The number of nitrogens with zero attached hydrogens (tertiary/aromatic N) is 3. The number of hydrogen-bond acceptors (Lipinski definition) is 5. The minimum absolute atomic E-state index is 0.0284. The van der Waals surface area contributed by atoms with E-state index in [9.17, 15) is 12.8 Å². The molecular formula is C21H19ClFN3O3S. The van der Waals surface area contributed by atoms with Gasteiger partial charge in [-0.15, -0.1) is 10.2 Å². The predicted molar refractivity (Wildman–Crippen MR) is 109 cm³/mol. The number of benzene rings is 2. The summed E-state index contributed by atoms with van der Waals surface area (Å²) in [6, 6.07) is 13.6. The normalized spacial score (nSPS) is 21.1. The van der Waals surface area contributed by atoms with Gasteiger partial charge in [-0.25, -0.2) is 12.8 Å². The predicted octanol–water partition coefficient (Wildman–Crippen LogP) is 4.49. The highest BCUT2D eigenvalue weighted by atomic mass is 35.5. The average Bonchev–Trinajstić information content (AvgIpc) is 3.22. The summed E-state index contributed by atoms with van der Waals surface area (Å²) in [5.41, 5.74) is 0.842. The van der Waals surface area contributed by atoms with E-state index in [0.717, 1.165) is 12.0 Å². The molecule has 0 amide bonds. The van der Waals surface area contributed by atoms with E-state index in [-0.39, 0.29) is 21.3 Å². The van der Waals surface area contributed by atoms with Crippen LogP contribution in [0, 0.1) is 11.2 Å². The van der Waals surface area contributed by atoms with Crippen LogP contribution in [0.3, 0.4) is 0 Å². The summed E-state index contributed by atoms with van der Waals surface area (Å²) in [5, 5.41) is 8.19. The molecule has 1 saturated heterocycles. The first-order valence-electron chi connectivity index (χ1n) is 9.74. The molecule has 3 aromatic rings. The van der Waals surface area contributed by atoms with E-state index in [0.29, 0.717) is 37.7 Å². The summed E-state index contributed by atoms with van der Waals surface area (Å²) in [7, 11) is -3.93. The van der Waals surface area contributed by atoms with Crippen molar-refractivity contribution in [2.24, 2.45) is 5.41 Å². The molecule has 1 saturated carbocycles. The molecule has 30 heavy (non-hydrogen) atoms.